The fraction of sp³-hybridized carbons (Fsp3) is 0. The number of fused-ring (bicyclic) bond motifs is 1. The molecule has 0 unspecified atom stereocenters. The summed E-state index contributed by atoms with van der Waals surface area (Å²) in [6.45, 7) is 0. The van der Waals surface area contributed by atoms with Gasteiger partial charge < -0.3 is 5.11 Å². The van der Waals surface area contributed by atoms with E-state index in [0.29, 0.717) is 4.47 Å². The molecule has 2 rings (SSSR count). The van der Waals surface area contributed by atoms with Crippen LogP contribution >= 0.6 is 15.9 Å². The zero-order valence-corrected chi connectivity index (χ0v) is 8.32. The predicted octanol–water partition coefficient (Wildman–Crippen LogP) is 1.93. The highest BCUT2D eigenvalue weighted by Gasteiger charge is 2.17. The van der Waals surface area contributed by atoms with Crippen molar-refractivity contribution in [2.45, 2.75) is 0 Å². The molecule has 2 heterocycles. The smallest absolute Gasteiger partial charge is 0.359 e. The van der Waals surface area contributed by atoms with Gasteiger partial charge in [-0.05, 0) is 28.1 Å². The number of carboxylic acids is 1. The third kappa shape index (κ3) is 1.27. The van der Waals surface area contributed by atoms with E-state index in [1.54, 1.807) is 6.07 Å². The van der Waals surface area contributed by atoms with Crippen molar-refractivity contribution >= 4 is 27.5 Å². The number of nitrogens with zero attached hydrogens (tertiary/aromatic N) is 2. The summed E-state index contributed by atoms with van der Waals surface area (Å²) >= 11 is 3.15. The van der Waals surface area contributed by atoms with Crippen LogP contribution < -0.4 is 0 Å². The van der Waals surface area contributed by atoms with Crippen LogP contribution in [0.1, 0.15) is 10.5 Å². The summed E-state index contributed by atoms with van der Waals surface area (Å²) in [5.74, 6) is -2.24. The Morgan fingerprint density at radius 2 is 2.29 bits per heavy atom. The first-order valence-corrected chi connectivity index (χ1v) is 4.45. The zero-order chi connectivity index (χ0) is 10.3. The van der Waals surface area contributed by atoms with Gasteiger partial charge in [-0.15, -0.1) is 0 Å². The van der Waals surface area contributed by atoms with Gasteiger partial charge in [-0.3, -0.25) is 4.40 Å². The van der Waals surface area contributed by atoms with Gasteiger partial charge in [0.2, 0.25) is 11.6 Å². The lowest BCUT2D eigenvalue weighted by molar-refractivity contribution is 0.0685. The zero-order valence-electron chi connectivity index (χ0n) is 6.74. The Morgan fingerprint density at radius 3 is 2.93 bits per heavy atom. The van der Waals surface area contributed by atoms with Crippen LogP contribution in [0.15, 0.2) is 22.8 Å². The van der Waals surface area contributed by atoms with Gasteiger partial charge in [0, 0.05) is 10.7 Å². The molecule has 14 heavy (non-hydrogen) atoms. The third-order valence-corrected chi connectivity index (χ3v) is 2.20. The largest absolute Gasteiger partial charge is 0.476 e. The number of rotatable bonds is 1. The second-order valence-corrected chi connectivity index (χ2v) is 3.55. The molecule has 0 saturated heterocycles. The van der Waals surface area contributed by atoms with Crippen LogP contribution in [0.2, 0.25) is 0 Å². The molecule has 0 atom stereocenters. The van der Waals surface area contributed by atoms with Crippen LogP contribution in [0.25, 0.3) is 5.65 Å². The number of carboxylic acid groups (broad SMARTS) is 1. The van der Waals surface area contributed by atoms with Gasteiger partial charge in [-0.1, -0.05) is 0 Å². The second kappa shape index (κ2) is 3.06. The standard InChI is InChI=1S/C8H4BrFN2O2/c9-4-1-2-5-11-6(8(13)14)7(10)12(5)3-4/h1-3H,(H,13,14). The summed E-state index contributed by atoms with van der Waals surface area (Å²) in [6, 6.07) is 3.19. The predicted molar refractivity (Wildman–Crippen MR) is 49.8 cm³/mol. The molecule has 0 saturated carbocycles. The van der Waals surface area contributed by atoms with Crippen LogP contribution in [0.4, 0.5) is 4.39 Å². The van der Waals surface area contributed by atoms with E-state index in [0.717, 1.165) is 4.40 Å². The lowest BCUT2D eigenvalue weighted by Gasteiger charge is -1.93. The van der Waals surface area contributed by atoms with Gasteiger partial charge in [0.05, 0.1) is 0 Å². The van der Waals surface area contributed by atoms with E-state index in [9.17, 15) is 9.18 Å². The van der Waals surface area contributed by atoms with Gasteiger partial charge in [0.15, 0.2) is 0 Å². The molecule has 0 radical (unpaired) electrons. The van der Waals surface area contributed by atoms with Crippen molar-refractivity contribution in [3.63, 3.8) is 0 Å². The topological polar surface area (TPSA) is 54.6 Å². The maximum absolute atomic E-state index is 13.4. The van der Waals surface area contributed by atoms with Gasteiger partial charge in [0.1, 0.15) is 5.65 Å². The van der Waals surface area contributed by atoms with Crippen molar-refractivity contribution in [1.29, 1.82) is 0 Å². The third-order valence-electron chi connectivity index (χ3n) is 1.73. The molecule has 0 spiro atoms. The van der Waals surface area contributed by atoms with Crippen LogP contribution in [-0.4, -0.2) is 20.5 Å². The van der Waals surface area contributed by atoms with Crippen molar-refractivity contribution in [3.8, 4) is 0 Å². The molecule has 0 aliphatic carbocycles. The molecular formula is C8H4BrFN2O2. The Balaban J connectivity index is 2.80. The van der Waals surface area contributed by atoms with Crippen molar-refractivity contribution < 1.29 is 14.3 Å². The van der Waals surface area contributed by atoms with E-state index in [1.807, 2.05) is 0 Å². The highest BCUT2D eigenvalue weighted by atomic mass is 79.9. The van der Waals surface area contributed by atoms with Crippen molar-refractivity contribution in [3.05, 3.63) is 34.4 Å². The molecule has 2 aromatic heterocycles. The number of imidazole rings is 1. The van der Waals surface area contributed by atoms with Crippen molar-refractivity contribution in [2.75, 3.05) is 0 Å². The van der Waals surface area contributed by atoms with E-state index >= 15 is 0 Å². The lowest BCUT2D eigenvalue weighted by atomic mass is 10.5. The quantitative estimate of drug-likeness (QED) is 0.851. The monoisotopic (exact) mass is 258 g/mol. The maximum atomic E-state index is 13.4. The average Bonchev–Trinajstić information content (AvgIpc) is 2.44. The number of pyridine rings is 1. The molecule has 1 N–H and O–H groups in total. The molecule has 0 bridgehead atoms. The van der Waals surface area contributed by atoms with E-state index in [-0.39, 0.29) is 5.65 Å². The van der Waals surface area contributed by atoms with E-state index in [1.165, 1.54) is 12.3 Å². The number of hydrogen-bond acceptors (Lipinski definition) is 2. The number of carbonyl (C=O) groups is 1. The van der Waals surface area contributed by atoms with E-state index in [2.05, 4.69) is 20.9 Å². The first-order chi connectivity index (χ1) is 6.59. The Bertz CT molecular complexity index is 523. The van der Waals surface area contributed by atoms with Gasteiger partial charge in [0.25, 0.3) is 0 Å². The minimum Gasteiger partial charge on any atom is -0.476 e. The minimum atomic E-state index is -1.37. The molecule has 0 amide bonds. The highest BCUT2D eigenvalue weighted by molar-refractivity contribution is 9.10. The first-order valence-electron chi connectivity index (χ1n) is 3.66. The van der Waals surface area contributed by atoms with Crippen LogP contribution in [-0.2, 0) is 0 Å². The normalized spacial score (nSPS) is 10.7. The second-order valence-electron chi connectivity index (χ2n) is 2.63. The molecule has 6 heteroatoms. The molecule has 4 nitrogen and oxygen atoms in total. The summed E-state index contributed by atoms with van der Waals surface area (Å²) in [7, 11) is 0. The molecule has 0 aromatic carbocycles. The summed E-state index contributed by atoms with van der Waals surface area (Å²) in [6.07, 6.45) is 1.42. The molecule has 0 aliphatic heterocycles. The minimum absolute atomic E-state index is 0.267. The molecule has 0 aliphatic rings. The Morgan fingerprint density at radius 1 is 1.57 bits per heavy atom. The Labute approximate surface area is 86.1 Å². The summed E-state index contributed by atoms with van der Waals surface area (Å²) in [4.78, 5) is 14.2. The SMILES string of the molecule is O=C(O)c1nc2ccc(Br)cn2c1F. The lowest BCUT2D eigenvalue weighted by Crippen LogP contribution is -2.00. The summed E-state index contributed by atoms with van der Waals surface area (Å²) < 4.78 is 15.1. The van der Waals surface area contributed by atoms with E-state index < -0.39 is 17.6 Å². The highest BCUT2D eigenvalue weighted by Crippen LogP contribution is 2.15. The van der Waals surface area contributed by atoms with E-state index in [4.69, 9.17) is 5.11 Å². The van der Waals surface area contributed by atoms with Crippen molar-refractivity contribution in [1.82, 2.24) is 9.38 Å². The van der Waals surface area contributed by atoms with Gasteiger partial charge >= 0.3 is 5.97 Å². The van der Waals surface area contributed by atoms with Crippen molar-refractivity contribution in [2.24, 2.45) is 0 Å². The number of hydrogen-bond donors (Lipinski definition) is 1. The molecule has 72 valence electrons. The number of halogens is 2. The average molecular weight is 259 g/mol. The van der Waals surface area contributed by atoms with Crippen LogP contribution in [0.3, 0.4) is 0 Å². The van der Waals surface area contributed by atoms with Crippen LogP contribution in [0.5, 0.6) is 0 Å². The van der Waals surface area contributed by atoms with Crippen LogP contribution in [0, 0.1) is 5.95 Å². The number of aromatic nitrogens is 2. The van der Waals surface area contributed by atoms with Gasteiger partial charge in [-0.25, -0.2) is 9.78 Å². The molecule has 2 aromatic rings. The fourth-order valence-electron chi connectivity index (χ4n) is 1.13. The first kappa shape index (κ1) is 9.14. The fourth-order valence-corrected chi connectivity index (χ4v) is 1.46. The summed E-state index contributed by atoms with van der Waals surface area (Å²) in [5, 5.41) is 8.61. The number of aromatic carboxylic acids is 1. The Kier molecular flexibility index (Phi) is 1.99. The Hall–Kier alpha value is -1.43. The maximum Gasteiger partial charge on any atom is 0.359 e. The summed E-state index contributed by atoms with van der Waals surface area (Å²) in [5.41, 5.74) is -0.300. The molecule has 0 fully saturated rings. The molecular weight excluding hydrogens is 255 g/mol. The van der Waals surface area contributed by atoms with Gasteiger partial charge in [-0.2, -0.15) is 4.39 Å².